The quantitative estimate of drug-likeness (QED) is 0.336. The Labute approximate surface area is 178 Å². The van der Waals surface area contributed by atoms with E-state index in [4.69, 9.17) is 39.6 Å². The lowest BCUT2D eigenvalue weighted by atomic mass is 10.1. The minimum absolute atomic E-state index is 0.0468. The molecule has 0 fully saturated rings. The molecule has 3 aromatic rings. The molecule has 1 aromatic heterocycles. The molecule has 1 heterocycles. The maximum atomic E-state index is 12.2. The van der Waals surface area contributed by atoms with Crippen molar-refractivity contribution >= 4 is 34.8 Å². The Morgan fingerprint density at radius 2 is 1.86 bits per heavy atom. The largest absolute Gasteiger partial charge is 0.472 e. The van der Waals surface area contributed by atoms with Crippen LogP contribution in [0.1, 0.15) is 5.56 Å². The Bertz CT molecular complexity index is 991. The molecule has 0 aliphatic rings. The molecule has 0 aliphatic carbocycles. The van der Waals surface area contributed by atoms with E-state index in [0.29, 0.717) is 27.2 Å². The van der Waals surface area contributed by atoms with Gasteiger partial charge in [0.25, 0.3) is 5.91 Å². The summed E-state index contributed by atoms with van der Waals surface area (Å²) >= 11 is 12.2. The highest BCUT2D eigenvalue weighted by molar-refractivity contribution is 6.32. The van der Waals surface area contributed by atoms with E-state index >= 15 is 0 Å². The first-order valence-corrected chi connectivity index (χ1v) is 9.36. The van der Waals surface area contributed by atoms with Gasteiger partial charge in [0, 0.05) is 34.9 Å². The number of aromatic nitrogens is 2. The van der Waals surface area contributed by atoms with Gasteiger partial charge in [-0.2, -0.15) is 0 Å². The van der Waals surface area contributed by atoms with Crippen LogP contribution in [0.4, 0.5) is 5.69 Å². The van der Waals surface area contributed by atoms with E-state index in [-0.39, 0.29) is 19.1 Å². The number of likely N-dealkylation sites (N-methyl/N-ethyl adjacent to an activating group) is 1. The number of hydrogen-bond acceptors (Lipinski definition) is 6. The zero-order valence-corrected chi connectivity index (χ0v) is 17.1. The minimum Gasteiger partial charge on any atom is -0.472 e. The summed E-state index contributed by atoms with van der Waals surface area (Å²) in [7, 11) is 1.57. The van der Waals surface area contributed by atoms with Crippen molar-refractivity contribution in [2.45, 2.75) is 6.61 Å². The van der Waals surface area contributed by atoms with Crippen LogP contribution in [0.15, 0.2) is 54.7 Å². The van der Waals surface area contributed by atoms with Crippen molar-refractivity contribution in [1.29, 1.82) is 0 Å². The lowest BCUT2D eigenvalue weighted by Gasteiger charge is -2.22. The summed E-state index contributed by atoms with van der Waals surface area (Å²) in [5.41, 5.74) is 1.83. The van der Waals surface area contributed by atoms with Crippen LogP contribution in [0.2, 0.25) is 10.0 Å². The van der Waals surface area contributed by atoms with E-state index in [1.54, 1.807) is 54.3 Å². The van der Waals surface area contributed by atoms with Gasteiger partial charge in [-0.25, -0.2) is 20.5 Å². The fraction of sp³-hybridized carbons (Fsp3) is 0.158. The van der Waals surface area contributed by atoms with E-state index in [0.717, 1.165) is 10.7 Å². The van der Waals surface area contributed by atoms with Crippen molar-refractivity contribution in [2.24, 2.45) is 11.7 Å². The third-order valence-electron chi connectivity index (χ3n) is 4.03. The molecule has 4 N–H and O–H groups in total. The number of carbonyl (C=O) groups is 1. The molecule has 10 heteroatoms. The highest BCUT2D eigenvalue weighted by Crippen LogP contribution is 2.28. The predicted octanol–water partition coefficient (Wildman–Crippen LogP) is 2.77. The maximum Gasteiger partial charge on any atom is 0.256 e. The highest BCUT2D eigenvalue weighted by atomic mass is 35.5. The number of benzene rings is 2. The van der Waals surface area contributed by atoms with Crippen molar-refractivity contribution in [1.82, 2.24) is 14.8 Å². The first kappa shape index (κ1) is 21.1. The number of amides is 1. The number of nitrogens with zero attached hydrogens (tertiary/aromatic N) is 4. The highest BCUT2D eigenvalue weighted by Gasteiger charge is 2.19. The number of nitrogens with two attached hydrogens (primary N) is 2. The molecule has 0 saturated heterocycles. The average molecular weight is 435 g/mol. The number of ether oxygens (including phenoxy) is 1. The van der Waals surface area contributed by atoms with Crippen molar-refractivity contribution < 1.29 is 9.53 Å². The van der Waals surface area contributed by atoms with Crippen LogP contribution >= 0.6 is 23.2 Å². The van der Waals surface area contributed by atoms with E-state index < -0.39 is 0 Å². The normalized spacial score (nSPS) is 11.0. The molecule has 152 valence electrons. The van der Waals surface area contributed by atoms with Crippen LogP contribution in [0.3, 0.4) is 0 Å². The fourth-order valence-corrected chi connectivity index (χ4v) is 2.96. The van der Waals surface area contributed by atoms with Crippen LogP contribution in [0.25, 0.3) is 5.69 Å². The molecule has 3 rings (SSSR count). The molecular formula is C19H20Cl2N6O2. The van der Waals surface area contributed by atoms with Crippen LogP contribution in [-0.4, -0.2) is 34.3 Å². The van der Waals surface area contributed by atoms with Gasteiger partial charge >= 0.3 is 0 Å². The Balaban J connectivity index is 1.76. The maximum absolute atomic E-state index is 12.2. The number of carbonyl (C=O) groups excluding carboxylic acids is 1. The Kier molecular flexibility index (Phi) is 6.73. The summed E-state index contributed by atoms with van der Waals surface area (Å²) in [4.78, 5) is 12.2. The average Bonchev–Trinajstić information content (AvgIpc) is 3.15. The van der Waals surface area contributed by atoms with Gasteiger partial charge in [0.2, 0.25) is 5.88 Å². The molecule has 8 nitrogen and oxygen atoms in total. The van der Waals surface area contributed by atoms with Crippen molar-refractivity contribution in [3.8, 4) is 11.6 Å². The molecule has 0 bridgehead atoms. The summed E-state index contributed by atoms with van der Waals surface area (Å²) in [6, 6.07) is 14.1. The first-order chi connectivity index (χ1) is 13.8. The Morgan fingerprint density at radius 1 is 1.14 bits per heavy atom. The zero-order valence-electron chi connectivity index (χ0n) is 15.6. The summed E-state index contributed by atoms with van der Waals surface area (Å²) in [5.74, 6) is 11.5. The second-order valence-corrected chi connectivity index (χ2v) is 7.12. The van der Waals surface area contributed by atoms with E-state index in [1.165, 1.54) is 5.01 Å². The molecule has 0 spiro atoms. The minimum atomic E-state index is -0.384. The standard InChI is InChI=1S/C19H20Cl2N6O2/c1-25(22)11-19(28)27(23)17-4-2-3-16(21)15(17)12-29-18-9-10-26(24-18)14-7-5-13(20)6-8-14/h2-10H,11-12,22-23H2,1H3. The third-order valence-corrected chi connectivity index (χ3v) is 4.63. The van der Waals surface area contributed by atoms with Crippen LogP contribution in [0.5, 0.6) is 5.88 Å². The van der Waals surface area contributed by atoms with Gasteiger partial charge in [0.1, 0.15) is 6.61 Å². The van der Waals surface area contributed by atoms with Gasteiger partial charge in [-0.1, -0.05) is 29.3 Å². The van der Waals surface area contributed by atoms with Crippen LogP contribution in [0, 0.1) is 0 Å². The Hall–Kier alpha value is -2.62. The molecule has 0 atom stereocenters. The van der Waals surface area contributed by atoms with Crippen molar-refractivity contribution in [2.75, 3.05) is 18.6 Å². The summed E-state index contributed by atoms with van der Waals surface area (Å²) in [6.07, 6.45) is 1.77. The zero-order chi connectivity index (χ0) is 21.0. The van der Waals surface area contributed by atoms with E-state index in [1.807, 2.05) is 12.1 Å². The molecule has 0 unspecified atom stereocenters. The second-order valence-electron chi connectivity index (χ2n) is 6.28. The number of halogens is 2. The molecule has 0 saturated carbocycles. The Morgan fingerprint density at radius 3 is 2.55 bits per heavy atom. The number of rotatable bonds is 7. The monoisotopic (exact) mass is 434 g/mol. The summed E-state index contributed by atoms with van der Waals surface area (Å²) in [6.45, 7) is 0.0287. The summed E-state index contributed by atoms with van der Waals surface area (Å²) < 4.78 is 7.44. The molecule has 2 aromatic carbocycles. The molecule has 29 heavy (non-hydrogen) atoms. The number of anilines is 1. The van der Waals surface area contributed by atoms with Gasteiger partial charge in [0.05, 0.1) is 17.9 Å². The van der Waals surface area contributed by atoms with Gasteiger partial charge in [0.15, 0.2) is 0 Å². The van der Waals surface area contributed by atoms with Gasteiger partial charge in [-0.05, 0) is 36.4 Å². The van der Waals surface area contributed by atoms with Crippen molar-refractivity contribution in [3.05, 3.63) is 70.3 Å². The summed E-state index contributed by atoms with van der Waals surface area (Å²) in [5, 5.41) is 7.70. The topological polar surface area (TPSA) is 103 Å². The van der Waals surface area contributed by atoms with Crippen LogP contribution < -0.4 is 21.4 Å². The van der Waals surface area contributed by atoms with E-state index in [9.17, 15) is 4.79 Å². The second kappa shape index (κ2) is 9.25. The van der Waals surface area contributed by atoms with Crippen LogP contribution in [-0.2, 0) is 11.4 Å². The van der Waals surface area contributed by atoms with Gasteiger partial charge in [-0.3, -0.25) is 10.6 Å². The SMILES string of the molecule is CN(N)CC(=O)N(N)c1cccc(Cl)c1COc1ccn(-c2ccc(Cl)cc2)n1. The van der Waals surface area contributed by atoms with Crippen molar-refractivity contribution in [3.63, 3.8) is 0 Å². The van der Waals surface area contributed by atoms with Gasteiger partial charge in [-0.15, -0.1) is 5.10 Å². The first-order valence-electron chi connectivity index (χ1n) is 8.60. The molecular weight excluding hydrogens is 415 g/mol. The van der Waals surface area contributed by atoms with E-state index in [2.05, 4.69) is 5.10 Å². The lowest BCUT2D eigenvalue weighted by molar-refractivity contribution is -0.119. The molecule has 0 radical (unpaired) electrons. The predicted molar refractivity (Wildman–Crippen MR) is 113 cm³/mol. The number of hydrogen-bond donors (Lipinski definition) is 2. The third kappa shape index (κ3) is 5.26. The fourth-order valence-electron chi connectivity index (χ4n) is 2.61. The molecule has 1 amide bonds. The number of hydrazine groups is 2. The smallest absolute Gasteiger partial charge is 0.256 e. The molecule has 0 aliphatic heterocycles. The lowest BCUT2D eigenvalue weighted by Crippen LogP contribution is -2.45. The van der Waals surface area contributed by atoms with Gasteiger partial charge < -0.3 is 4.74 Å².